The molecule has 12 heteroatoms. The lowest BCUT2D eigenvalue weighted by molar-refractivity contribution is -0.137. The minimum Gasteiger partial charge on any atom is -0.449 e. The summed E-state index contributed by atoms with van der Waals surface area (Å²) >= 11 is 0. The van der Waals surface area contributed by atoms with Gasteiger partial charge in [0.25, 0.3) is 15.9 Å². The van der Waals surface area contributed by atoms with Gasteiger partial charge < -0.3 is 15.8 Å². The maximum Gasteiger partial charge on any atom is 0.416 e. The van der Waals surface area contributed by atoms with Crippen LogP contribution in [0, 0.1) is 0 Å². The lowest BCUT2D eigenvalue weighted by Gasteiger charge is -2.16. The van der Waals surface area contributed by atoms with E-state index in [-0.39, 0.29) is 27.5 Å². The number of halogens is 3. The Morgan fingerprint density at radius 2 is 1.66 bits per heavy atom. The number of para-hydroxylation sites is 1. The maximum absolute atomic E-state index is 12.9. The molecular weight excluding hydrogens is 487 g/mol. The predicted molar refractivity (Wildman–Crippen MR) is 123 cm³/mol. The number of hydrogen-bond acceptors (Lipinski definition) is 6. The van der Waals surface area contributed by atoms with Gasteiger partial charge in [-0.25, -0.2) is 13.2 Å². The first-order chi connectivity index (χ1) is 16.4. The molecule has 0 aromatic heterocycles. The van der Waals surface area contributed by atoms with Gasteiger partial charge in [0.05, 0.1) is 21.7 Å². The second-order valence-corrected chi connectivity index (χ2v) is 9.02. The Hall–Kier alpha value is -4.06. The van der Waals surface area contributed by atoms with Crippen LogP contribution in [0.25, 0.3) is 0 Å². The Morgan fingerprint density at radius 1 is 0.971 bits per heavy atom. The summed E-state index contributed by atoms with van der Waals surface area (Å²) in [6, 6.07) is 15.0. The van der Waals surface area contributed by atoms with Crippen molar-refractivity contribution in [3.8, 4) is 0 Å². The number of benzene rings is 3. The summed E-state index contributed by atoms with van der Waals surface area (Å²) in [7, 11) is -4.10. The van der Waals surface area contributed by atoms with Crippen LogP contribution in [0.1, 0.15) is 22.8 Å². The van der Waals surface area contributed by atoms with Crippen LogP contribution in [0.3, 0.4) is 0 Å². The van der Waals surface area contributed by atoms with Gasteiger partial charge in [-0.05, 0) is 55.5 Å². The Morgan fingerprint density at radius 3 is 2.34 bits per heavy atom. The molecule has 8 nitrogen and oxygen atoms in total. The first-order valence-electron chi connectivity index (χ1n) is 10.0. The number of amides is 1. The van der Waals surface area contributed by atoms with Crippen molar-refractivity contribution in [1.29, 1.82) is 0 Å². The van der Waals surface area contributed by atoms with Crippen LogP contribution in [0.2, 0.25) is 0 Å². The monoisotopic (exact) mass is 507 g/mol. The zero-order valence-electron chi connectivity index (χ0n) is 18.2. The third kappa shape index (κ3) is 6.51. The molecule has 0 saturated carbocycles. The summed E-state index contributed by atoms with van der Waals surface area (Å²) in [6.07, 6.45) is -6.00. The number of esters is 1. The second-order valence-electron chi connectivity index (χ2n) is 7.34. The third-order valence-electron chi connectivity index (χ3n) is 4.67. The summed E-state index contributed by atoms with van der Waals surface area (Å²) in [5, 5.41) is 2.25. The molecule has 0 heterocycles. The van der Waals surface area contributed by atoms with Gasteiger partial charge >= 0.3 is 12.1 Å². The van der Waals surface area contributed by atoms with Gasteiger partial charge in [-0.3, -0.25) is 9.52 Å². The molecule has 4 N–H and O–H groups in total. The van der Waals surface area contributed by atoms with E-state index in [2.05, 4.69) is 10.0 Å². The quantitative estimate of drug-likeness (QED) is 0.324. The molecule has 3 aromatic rings. The lowest BCUT2D eigenvalue weighted by Crippen LogP contribution is -2.30. The van der Waals surface area contributed by atoms with E-state index in [1.165, 1.54) is 61.5 Å². The highest BCUT2D eigenvalue weighted by molar-refractivity contribution is 7.92. The Bertz CT molecular complexity index is 1360. The molecule has 184 valence electrons. The number of rotatable bonds is 7. The van der Waals surface area contributed by atoms with E-state index in [1.807, 2.05) is 0 Å². The number of sulfonamides is 1. The predicted octanol–water partition coefficient (Wildman–Crippen LogP) is 4.27. The minimum absolute atomic E-state index is 0.106. The van der Waals surface area contributed by atoms with Gasteiger partial charge in [-0.2, -0.15) is 13.2 Å². The highest BCUT2D eigenvalue weighted by Crippen LogP contribution is 2.30. The first-order valence-corrected chi connectivity index (χ1v) is 11.5. The molecule has 1 atom stereocenters. The van der Waals surface area contributed by atoms with Crippen molar-refractivity contribution in [2.24, 2.45) is 0 Å². The summed E-state index contributed by atoms with van der Waals surface area (Å²) in [5.41, 5.74) is 4.48. The van der Waals surface area contributed by atoms with Crippen molar-refractivity contribution < 1.29 is 35.9 Å². The van der Waals surface area contributed by atoms with Crippen molar-refractivity contribution >= 4 is 39.0 Å². The lowest BCUT2D eigenvalue weighted by atomic mass is 10.2. The van der Waals surface area contributed by atoms with Gasteiger partial charge in [0.15, 0.2) is 6.10 Å². The summed E-state index contributed by atoms with van der Waals surface area (Å²) in [4.78, 5) is 24.9. The van der Waals surface area contributed by atoms with Gasteiger partial charge in [0.1, 0.15) is 0 Å². The summed E-state index contributed by atoms with van der Waals surface area (Å²) < 4.78 is 71.4. The molecule has 0 fully saturated rings. The zero-order chi connectivity index (χ0) is 25.8. The Balaban J connectivity index is 1.73. The van der Waals surface area contributed by atoms with E-state index >= 15 is 0 Å². The van der Waals surface area contributed by atoms with Crippen LogP contribution in [-0.2, 0) is 25.7 Å². The molecule has 0 bridgehead atoms. The number of carbonyl (C=O) groups excluding carboxylic acids is 2. The van der Waals surface area contributed by atoms with E-state index in [4.69, 9.17) is 10.5 Å². The summed E-state index contributed by atoms with van der Waals surface area (Å²) in [5.74, 6) is -1.90. The highest BCUT2D eigenvalue weighted by Gasteiger charge is 2.31. The number of carbonyl (C=O) groups is 2. The Kier molecular flexibility index (Phi) is 7.34. The number of anilines is 3. The highest BCUT2D eigenvalue weighted by atomic mass is 32.2. The van der Waals surface area contributed by atoms with Crippen molar-refractivity contribution in [3.63, 3.8) is 0 Å². The van der Waals surface area contributed by atoms with E-state index in [0.717, 1.165) is 18.2 Å². The fourth-order valence-corrected chi connectivity index (χ4v) is 4.06. The average Bonchev–Trinajstić information content (AvgIpc) is 2.78. The minimum atomic E-state index is -4.60. The van der Waals surface area contributed by atoms with Crippen molar-refractivity contribution in [3.05, 3.63) is 83.9 Å². The first kappa shape index (κ1) is 25.6. The maximum atomic E-state index is 12.9. The molecular formula is C23H20F3N3O5S. The molecule has 3 aromatic carbocycles. The summed E-state index contributed by atoms with van der Waals surface area (Å²) in [6.45, 7) is 1.22. The Labute approximate surface area is 199 Å². The fourth-order valence-electron chi connectivity index (χ4n) is 2.93. The number of nitrogens with one attached hydrogen (secondary N) is 2. The molecule has 3 rings (SSSR count). The normalized spacial score (nSPS) is 12.5. The SMILES string of the molecule is C[C@H](OC(=O)c1ccccc1NS(=O)(=O)c1cccc(N)c1)C(=O)Nc1cccc(C(F)(F)F)c1. The van der Waals surface area contributed by atoms with Gasteiger partial charge in [-0.15, -0.1) is 0 Å². The topological polar surface area (TPSA) is 128 Å². The molecule has 0 saturated heterocycles. The van der Waals surface area contributed by atoms with E-state index < -0.39 is 39.7 Å². The van der Waals surface area contributed by atoms with Crippen LogP contribution < -0.4 is 15.8 Å². The van der Waals surface area contributed by atoms with Gasteiger partial charge in [0.2, 0.25) is 0 Å². The molecule has 0 aliphatic heterocycles. The third-order valence-corrected chi connectivity index (χ3v) is 6.03. The smallest absolute Gasteiger partial charge is 0.416 e. The van der Waals surface area contributed by atoms with Gasteiger partial charge in [0, 0.05) is 11.4 Å². The molecule has 0 radical (unpaired) electrons. The van der Waals surface area contributed by atoms with E-state index in [9.17, 15) is 31.2 Å². The zero-order valence-corrected chi connectivity index (χ0v) is 19.0. The number of hydrogen-bond donors (Lipinski definition) is 3. The number of nitrogen functional groups attached to an aromatic ring is 1. The molecule has 0 aliphatic rings. The standard InChI is InChI=1S/C23H20F3N3O5S/c1-14(21(30)28-17-8-4-6-15(12-17)23(24,25)26)34-22(31)19-10-2-3-11-20(19)29-35(32,33)18-9-5-7-16(27)13-18/h2-14,29H,27H2,1H3,(H,28,30)/t14-/m0/s1. The van der Waals surface area contributed by atoms with Crippen molar-refractivity contribution in [2.45, 2.75) is 24.1 Å². The van der Waals surface area contributed by atoms with Crippen LogP contribution in [-0.4, -0.2) is 26.4 Å². The second kappa shape index (κ2) is 10.1. The van der Waals surface area contributed by atoms with Crippen molar-refractivity contribution in [1.82, 2.24) is 0 Å². The van der Waals surface area contributed by atoms with Crippen LogP contribution >= 0.6 is 0 Å². The molecule has 35 heavy (non-hydrogen) atoms. The number of alkyl halides is 3. The molecule has 0 unspecified atom stereocenters. The van der Waals surface area contributed by atoms with Crippen molar-refractivity contribution in [2.75, 3.05) is 15.8 Å². The van der Waals surface area contributed by atoms with Crippen LogP contribution in [0.4, 0.5) is 30.2 Å². The van der Waals surface area contributed by atoms with E-state index in [1.54, 1.807) is 0 Å². The van der Waals surface area contributed by atoms with Crippen LogP contribution in [0.5, 0.6) is 0 Å². The molecule has 0 aliphatic carbocycles. The largest absolute Gasteiger partial charge is 0.449 e. The van der Waals surface area contributed by atoms with Gasteiger partial charge in [-0.1, -0.05) is 24.3 Å². The van der Waals surface area contributed by atoms with E-state index in [0.29, 0.717) is 0 Å². The molecule has 1 amide bonds. The molecule has 0 spiro atoms. The number of ether oxygens (including phenoxy) is 1. The fraction of sp³-hybridized carbons (Fsp3) is 0.130. The average molecular weight is 507 g/mol. The van der Waals surface area contributed by atoms with Crippen LogP contribution in [0.15, 0.2) is 77.7 Å². The number of nitrogens with two attached hydrogens (primary N) is 1.